The molecule has 0 fully saturated rings. The smallest absolute Gasteiger partial charge is 0.237 e. The molecule has 2 rings (SSSR count). The zero-order chi connectivity index (χ0) is 17.5. The summed E-state index contributed by atoms with van der Waals surface area (Å²) in [6.45, 7) is 6.32. The lowest BCUT2D eigenvalue weighted by Crippen LogP contribution is -2.23. The highest BCUT2D eigenvalue weighted by molar-refractivity contribution is 8.00. The van der Waals surface area contributed by atoms with E-state index in [2.05, 4.69) is 5.32 Å². The lowest BCUT2D eigenvalue weighted by atomic mass is 10.2. The normalized spacial score (nSPS) is 13.2. The van der Waals surface area contributed by atoms with Gasteiger partial charge in [0.2, 0.25) is 5.91 Å². The van der Waals surface area contributed by atoms with Crippen LogP contribution in [0.4, 0.5) is 10.1 Å². The second kappa shape index (κ2) is 8.73. The minimum absolute atomic E-state index is 0.0823. The van der Waals surface area contributed by atoms with Crippen LogP contribution in [0.5, 0.6) is 5.75 Å². The number of hydrogen-bond donors (Lipinski definition) is 1. The van der Waals surface area contributed by atoms with E-state index >= 15 is 0 Å². The number of thioether (sulfide) groups is 1. The first-order valence-electron chi connectivity index (χ1n) is 7.95. The fraction of sp³-hybridized carbons (Fsp3) is 0.316. The molecular weight excluding hydrogens is 325 g/mol. The number of ether oxygens (including phenoxy) is 1. The van der Waals surface area contributed by atoms with Crippen molar-refractivity contribution in [3.63, 3.8) is 0 Å². The Bertz CT molecular complexity index is 675. The molecule has 0 aliphatic heterocycles. The van der Waals surface area contributed by atoms with Crippen LogP contribution in [0, 0.1) is 5.82 Å². The molecule has 24 heavy (non-hydrogen) atoms. The molecule has 1 amide bonds. The van der Waals surface area contributed by atoms with E-state index in [0.29, 0.717) is 18.0 Å². The van der Waals surface area contributed by atoms with E-state index in [9.17, 15) is 9.18 Å². The maximum Gasteiger partial charge on any atom is 0.237 e. The molecule has 2 atom stereocenters. The number of amides is 1. The SMILES string of the molecule is CCOc1ccccc1NC(=O)C(C)SC(C)c1ccc(F)cc1. The van der Waals surface area contributed by atoms with Gasteiger partial charge in [-0.2, -0.15) is 0 Å². The highest BCUT2D eigenvalue weighted by Crippen LogP contribution is 2.33. The summed E-state index contributed by atoms with van der Waals surface area (Å²) >= 11 is 1.53. The number of anilines is 1. The van der Waals surface area contributed by atoms with E-state index in [1.54, 1.807) is 12.1 Å². The molecule has 1 N–H and O–H groups in total. The van der Waals surface area contributed by atoms with E-state index in [1.807, 2.05) is 45.0 Å². The molecule has 0 saturated heterocycles. The second-order valence-electron chi connectivity index (χ2n) is 5.39. The fourth-order valence-electron chi connectivity index (χ4n) is 2.27. The molecule has 3 nitrogen and oxygen atoms in total. The molecule has 0 aliphatic rings. The predicted octanol–water partition coefficient (Wildman–Crippen LogP) is 5.05. The van der Waals surface area contributed by atoms with Crippen molar-refractivity contribution < 1.29 is 13.9 Å². The van der Waals surface area contributed by atoms with E-state index < -0.39 is 0 Å². The highest BCUT2D eigenvalue weighted by Gasteiger charge is 2.19. The summed E-state index contributed by atoms with van der Waals surface area (Å²) in [6, 6.07) is 13.8. The minimum atomic E-state index is -0.255. The molecule has 0 spiro atoms. The first kappa shape index (κ1) is 18.3. The van der Waals surface area contributed by atoms with Gasteiger partial charge in [0.15, 0.2) is 0 Å². The molecule has 2 unspecified atom stereocenters. The maximum absolute atomic E-state index is 13.0. The van der Waals surface area contributed by atoms with Crippen molar-refractivity contribution >= 4 is 23.4 Å². The largest absolute Gasteiger partial charge is 0.492 e. The van der Waals surface area contributed by atoms with Crippen LogP contribution in [0.2, 0.25) is 0 Å². The second-order valence-corrected chi connectivity index (χ2v) is 7.08. The molecule has 0 aliphatic carbocycles. The topological polar surface area (TPSA) is 38.3 Å². The number of carbonyl (C=O) groups is 1. The Balaban J connectivity index is 1.98. The lowest BCUT2D eigenvalue weighted by Gasteiger charge is -2.18. The van der Waals surface area contributed by atoms with Gasteiger partial charge in [-0.05, 0) is 50.6 Å². The number of hydrogen-bond acceptors (Lipinski definition) is 3. The van der Waals surface area contributed by atoms with Gasteiger partial charge in [-0.15, -0.1) is 11.8 Å². The Morgan fingerprint density at radius 2 is 1.83 bits per heavy atom. The average molecular weight is 347 g/mol. The summed E-state index contributed by atoms with van der Waals surface area (Å²) in [5, 5.41) is 2.76. The molecule has 0 aromatic heterocycles. The van der Waals surface area contributed by atoms with Gasteiger partial charge in [-0.25, -0.2) is 4.39 Å². The summed E-state index contributed by atoms with van der Waals surface area (Å²) < 4.78 is 18.5. The van der Waals surface area contributed by atoms with Gasteiger partial charge in [0.25, 0.3) is 0 Å². The minimum Gasteiger partial charge on any atom is -0.492 e. The van der Waals surface area contributed by atoms with Crippen LogP contribution in [0.1, 0.15) is 31.6 Å². The predicted molar refractivity (Wildman–Crippen MR) is 98.1 cm³/mol. The van der Waals surface area contributed by atoms with Crippen LogP contribution in [-0.4, -0.2) is 17.8 Å². The lowest BCUT2D eigenvalue weighted by molar-refractivity contribution is -0.115. The van der Waals surface area contributed by atoms with Crippen LogP contribution in [0.25, 0.3) is 0 Å². The van der Waals surface area contributed by atoms with Crippen molar-refractivity contribution in [2.75, 3.05) is 11.9 Å². The number of nitrogens with one attached hydrogen (secondary N) is 1. The van der Waals surface area contributed by atoms with Gasteiger partial charge in [0, 0.05) is 5.25 Å². The van der Waals surface area contributed by atoms with Crippen molar-refractivity contribution in [2.24, 2.45) is 0 Å². The van der Waals surface area contributed by atoms with Crippen LogP contribution < -0.4 is 10.1 Å². The van der Waals surface area contributed by atoms with Gasteiger partial charge in [0.1, 0.15) is 11.6 Å². The third-order valence-corrected chi connectivity index (χ3v) is 4.86. The van der Waals surface area contributed by atoms with E-state index in [4.69, 9.17) is 4.74 Å². The van der Waals surface area contributed by atoms with Gasteiger partial charge in [-0.3, -0.25) is 4.79 Å². The van der Waals surface area contributed by atoms with Gasteiger partial charge in [-0.1, -0.05) is 24.3 Å². The van der Waals surface area contributed by atoms with E-state index in [0.717, 1.165) is 5.56 Å². The third kappa shape index (κ3) is 4.99. The van der Waals surface area contributed by atoms with Crippen molar-refractivity contribution in [1.82, 2.24) is 0 Å². The number of benzene rings is 2. The summed E-state index contributed by atoms with van der Waals surface area (Å²) in [7, 11) is 0. The number of halogens is 1. The average Bonchev–Trinajstić information content (AvgIpc) is 2.57. The van der Waals surface area contributed by atoms with Crippen molar-refractivity contribution in [1.29, 1.82) is 0 Å². The molecule has 2 aromatic rings. The quantitative estimate of drug-likeness (QED) is 0.762. The van der Waals surface area contributed by atoms with Crippen LogP contribution in [0.15, 0.2) is 48.5 Å². The summed E-state index contributed by atoms with van der Waals surface area (Å²) in [5.74, 6) is 0.326. The van der Waals surface area contributed by atoms with E-state index in [-0.39, 0.29) is 22.2 Å². The van der Waals surface area contributed by atoms with Gasteiger partial charge < -0.3 is 10.1 Å². The Kier molecular flexibility index (Phi) is 6.67. The number of carbonyl (C=O) groups excluding carboxylic acids is 1. The molecule has 2 aromatic carbocycles. The molecule has 0 saturated carbocycles. The van der Waals surface area contributed by atoms with Crippen molar-refractivity contribution in [2.45, 2.75) is 31.3 Å². The first-order chi connectivity index (χ1) is 11.5. The number of para-hydroxylation sites is 2. The van der Waals surface area contributed by atoms with Crippen molar-refractivity contribution in [3.8, 4) is 5.75 Å². The molecule has 128 valence electrons. The summed E-state index contributed by atoms with van der Waals surface area (Å²) in [4.78, 5) is 12.4. The van der Waals surface area contributed by atoms with Gasteiger partial charge in [0.05, 0.1) is 17.5 Å². The van der Waals surface area contributed by atoms with Crippen molar-refractivity contribution in [3.05, 3.63) is 59.9 Å². The monoisotopic (exact) mass is 347 g/mol. The molecule has 0 bridgehead atoms. The maximum atomic E-state index is 13.0. The Hall–Kier alpha value is -2.01. The highest BCUT2D eigenvalue weighted by atomic mass is 32.2. The summed E-state index contributed by atoms with van der Waals surface area (Å²) in [5.41, 5.74) is 1.67. The summed E-state index contributed by atoms with van der Waals surface area (Å²) in [6.07, 6.45) is 0. The Labute approximate surface area is 146 Å². The van der Waals surface area contributed by atoms with Gasteiger partial charge >= 0.3 is 0 Å². The van der Waals surface area contributed by atoms with E-state index in [1.165, 1.54) is 23.9 Å². The first-order valence-corrected chi connectivity index (χ1v) is 8.89. The van der Waals surface area contributed by atoms with Crippen LogP contribution in [0.3, 0.4) is 0 Å². The molecule has 0 radical (unpaired) electrons. The van der Waals surface area contributed by atoms with Crippen LogP contribution in [-0.2, 0) is 4.79 Å². The number of rotatable bonds is 7. The Morgan fingerprint density at radius 1 is 1.17 bits per heavy atom. The zero-order valence-electron chi connectivity index (χ0n) is 14.1. The molecule has 0 heterocycles. The Morgan fingerprint density at radius 3 is 2.50 bits per heavy atom. The molecular formula is C19H22FNO2S. The molecule has 5 heteroatoms. The van der Waals surface area contributed by atoms with Crippen LogP contribution >= 0.6 is 11.8 Å². The third-order valence-electron chi connectivity index (χ3n) is 3.56. The fourth-order valence-corrected chi connectivity index (χ4v) is 3.38. The standard InChI is InChI=1S/C19H22FNO2S/c1-4-23-18-8-6-5-7-17(18)21-19(22)14(3)24-13(2)15-9-11-16(20)12-10-15/h5-14H,4H2,1-3H3,(H,21,22). The zero-order valence-corrected chi connectivity index (χ0v) is 14.9.